The number of carbonyl (C=O) groups excluding carboxylic acids is 1. The molecule has 5 heteroatoms. The highest BCUT2D eigenvalue weighted by atomic mass is 16.7. The summed E-state index contributed by atoms with van der Waals surface area (Å²) in [6.07, 6.45) is 0. The zero-order valence-electron chi connectivity index (χ0n) is 15.0. The maximum Gasteiger partial charge on any atom is 0.255 e. The quantitative estimate of drug-likeness (QED) is 0.699. The molecule has 0 radical (unpaired) electrons. The number of rotatable bonds is 5. The predicted molar refractivity (Wildman–Crippen MR) is 105 cm³/mol. The smallest absolute Gasteiger partial charge is 0.255 e. The standard InChI is InChI=1S/C22H20N2O3/c1-15-4-2-3-5-17(15)13-23-18-7-9-19(10-8-18)24-22(25)16-6-11-20-21(12-16)27-14-26-20/h2-12,23H,13-14H2,1H3,(H,24,25). The molecular formula is C22H20N2O3. The molecule has 1 heterocycles. The molecule has 27 heavy (non-hydrogen) atoms. The van der Waals surface area contributed by atoms with E-state index in [9.17, 15) is 4.79 Å². The highest BCUT2D eigenvalue weighted by Crippen LogP contribution is 2.32. The van der Waals surface area contributed by atoms with E-state index in [0.29, 0.717) is 17.1 Å². The molecule has 136 valence electrons. The third kappa shape index (κ3) is 3.87. The fourth-order valence-corrected chi connectivity index (χ4v) is 2.92. The summed E-state index contributed by atoms with van der Waals surface area (Å²) >= 11 is 0. The Kier molecular flexibility index (Phi) is 4.66. The summed E-state index contributed by atoms with van der Waals surface area (Å²) in [7, 11) is 0. The number of benzene rings is 3. The number of nitrogens with one attached hydrogen (secondary N) is 2. The first-order chi connectivity index (χ1) is 13.2. The van der Waals surface area contributed by atoms with Crippen molar-refractivity contribution in [1.29, 1.82) is 0 Å². The molecular weight excluding hydrogens is 340 g/mol. The Bertz CT molecular complexity index is 968. The minimum Gasteiger partial charge on any atom is -0.454 e. The lowest BCUT2D eigenvalue weighted by Gasteiger charge is -2.10. The van der Waals surface area contributed by atoms with E-state index in [1.54, 1.807) is 18.2 Å². The Hall–Kier alpha value is -3.47. The summed E-state index contributed by atoms with van der Waals surface area (Å²) in [6, 6.07) is 21.1. The minimum absolute atomic E-state index is 0.186. The van der Waals surface area contributed by atoms with Crippen molar-refractivity contribution in [1.82, 2.24) is 0 Å². The van der Waals surface area contributed by atoms with Crippen LogP contribution in [0.1, 0.15) is 21.5 Å². The van der Waals surface area contributed by atoms with Gasteiger partial charge in [-0.1, -0.05) is 24.3 Å². The Morgan fingerprint density at radius 3 is 2.48 bits per heavy atom. The van der Waals surface area contributed by atoms with E-state index in [2.05, 4.69) is 29.7 Å². The molecule has 0 bridgehead atoms. The number of anilines is 2. The second-order valence-corrected chi connectivity index (χ2v) is 6.38. The molecule has 0 saturated heterocycles. The van der Waals surface area contributed by atoms with Gasteiger partial charge in [0.15, 0.2) is 11.5 Å². The molecule has 5 nitrogen and oxygen atoms in total. The van der Waals surface area contributed by atoms with Crippen molar-refractivity contribution >= 4 is 17.3 Å². The first-order valence-corrected chi connectivity index (χ1v) is 8.78. The van der Waals surface area contributed by atoms with E-state index in [-0.39, 0.29) is 12.7 Å². The zero-order valence-corrected chi connectivity index (χ0v) is 15.0. The van der Waals surface area contributed by atoms with Gasteiger partial charge in [0.05, 0.1) is 0 Å². The zero-order chi connectivity index (χ0) is 18.6. The van der Waals surface area contributed by atoms with E-state index >= 15 is 0 Å². The van der Waals surface area contributed by atoms with Crippen LogP contribution in [0.3, 0.4) is 0 Å². The molecule has 0 aliphatic carbocycles. The Morgan fingerprint density at radius 1 is 0.926 bits per heavy atom. The van der Waals surface area contributed by atoms with Crippen LogP contribution in [0.5, 0.6) is 11.5 Å². The van der Waals surface area contributed by atoms with Gasteiger partial charge in [0, 0.05) is 23.5 Å². The maximum atomic E-state index is 12.4. The fourth-order valence-electron chi connectivity index (χ4n) is 2.92. The Balaban J connectivity index is 1.37. The molecule has 2 N–H and O–H groups in total. The molecule has 4 rings (SSSR count). The van der Waals surface area contributed by atoms with Crippen LogP contribution in [0, 0.1) is 6.92 Å². The lowest BCUT2D eigenvalue weighted by Crippen LogP contribution is -2.11. The molecule has 3 aromatic carbocycles. The van der Waals surface area contributed by atoms with Gasteiger partial charge >= 0.3 is 0 Å². The first-order valence-electron chi connectivity index (χ1n) is 8.78. The number of ether oxygens (including phenoxy) is 2. The molecule has 1 amide bonds. The Labute approximate surface area is 157 Å². The highest BCUT2D eigenvalue weighted by Gasteiger charge is 2.16. The lowest BCUT2D eigenvalue weighted by molar-refractivity contribution is 0.102. The number of amides is 1. The van der Waals surface area contributed by atoms with Crippen LogP contribution in [0.15, 0.2) is 66.7 Å². The average molecular weight is 360 g/mol. The van der Waals surface area contributed by atoms with E-state index in [1.165, 1.54) is 11.1 Å². The van der Waals surface area contributed by atoms with Crippen molar-refractivity contribution < 1.29 is 14.3 Å². The molecule has 3 aromatic rings. The van der Waals surface area contributed by atoms with Crippen molar-refractivity contribution in [2.75, 3.05) is 17.4 Å². The summed E-state index contributed by atoms with van der Waals surface area (Å²) in [6.45, 7) is 3.05. The van der Waals surface area contributed by atoms with Crippen LogP contribution in [0.4, 0.5) is 11.4 Å². The van der Waals surface area contributed by atoms with Crippen LogP contribution in [-0.4, -0.2) is 12.7 Å². The molecule has 0 spiro atoms. The summed E-state index contributed by atoms with van der Waals surface area (Å²) < 4.78 is 10.6. The van der Waals surface area contributed by atoms with Crippen molar-refractivity contribution in [3.8, 4) is 11.5 Å². The van der Waals surface area contributed by atoms with Crippen molar-refractivity contribution in [2.24, 2.45) is 0 Å². The fraction of sp³-hybridized carbons (Fsp3) is 0.136. The molecule has 0 saturated carbocycles. The van der Waals surface area contributed by atoms with Crippen LogP contribution >= 0.6 is 0 Å². The van der Waals surface area contributed by atoms with Gasteiger partial charge in [-0.2, -0.15) is 0 Å². The van der Waals surface area contributed by atoms with Gasteiger partial charge in [-0.15, -0.1) is 0 Å². The number of fused-ring (bicyclic) bond motifs is 1. The number of carbonyl (C=O) groups is 1. The van der Waals surface area contributed by atoms with Crippen LogP contribution in [0.2, 0.25) is 0 Å². The molecule has 0 atom stereocenters. The second-order valence-electron chi connectivity index (χ2n) is 6.38. The van der Waals surface area contributed by atoms with Gasteiger partial charge in [-0.05, 0) is 60.5 Å². The van der Waals surface area contributed by atoms with Gasteiger partial charge in [0.2, 0.25) is 6.79 Å². The summed E-state index contributed by atoms with van der Waals surface area (Å²) in [4.78, 5) is 12.4. The van der Waals surface area contributed by atoms with E-state index in [0.717, 1.165) is 17.9 Å². The van der Waals surface area contributed by atoms with Crippen molar-refractivity contribution in [3.63, 3.8) is 0 Å². The third-order valence-corrected chi connectivity index (χ3v) is 4.52. The molecule has 1 aliphatic rings. The molecule has 0 aromatic heterocycles. The predicted octanol–water partition coefficient (Wildman–Crippen LogP) is 4.59. The minimum atomic E-state index is -0.186. The van der Waals surface area contributed by atoms with E-state index in [4.69, 9.17) is 9.47 Å². The molecule has 0 unspecified atom stereocenters. The van der Waals surface area contributed by atoms with Crippen LogP contribution < -0.4 is 20.1 Å². The number of hydrogen-bond acceptors (Lipinski definition) is 4. The third-order valence-electron chi connectivity index (χ3n) is 4.52. The van der Waals surface area contributed by atoms with Crippen molar-refractivity contribution in [3.05, 3.63) is 83.4 Å². The summed E-state index contributed by atoms with van der Waals surface area (Å²) in [5.74, 6) is 1.07. The van der Waals surface area contributed by atoms with E-state index < -0.39 is 0 Å². The monoisotopic (exact) mass is 360 g/mol. The number of hydrogen-bond donors (Lipinski definition) is 2. The number of aryl methyl sites for hydroxylation is 1. The van der Waals surface area contributed by atoms with Crippen LogP contribution in [0.25, 0.3) is 0 Å². The van der Waals surface area contributed by atoms with Crippen molar-refractivity contribution in [2.45, 2.75) is 13.5 Å². The van der Waals surface area contributed by atoms with Gasteiger partial charge in [0.25, 0.3) is 5.91 Å². The highest BCUT2D eigenvalue weighted by molar-refractivity contribution is 6.04. The normalized spacial score (nSPS) is 11.9. The molecule has 0 fully saturated rings. The van der Waals surface area contributed by atoms with Gasteiger partial charge < -0.3 is 20.1 Å². The summed E-state index contributed by atoms with van der Waals surface area (Å²) in [5, 5.41) is 6.30. The largest absolute Gasteiger partial charge is 0.454 e. The van der Waals surface area contributed by atoms with Gasteiger partial charge in [0.1, 0.15) is 0 Å². The topological polar surface area (TPSA) is 59.6 Å². The molecule has 1 aliphatic heterocycles. The average Bonchev–Trinajstić information content (AvgIpc) is 3.16. The van der Waals surface area contributed by atoms with E-state index in [1.807, 2.05) is 36.4 Å². The maximum absolute atomic E-state index is 12.4. The van der Waals surface area contributed by atoms with Gasteiger partial charge in [-0.3, -0.25) is 4.79 Å². The first kappa shape index (κ1) is 17.0. The SMILES string of the molecule is Cc1ccccc1CNc1ccc(NC(=O)c2ccc3c(c2)OCO3)cc1. The summed E-state index contributed by atoms with van der Waals surface area (Å²) in [5.41, 5.74) is 4.79. The van der Waals surface area contributed by atoms with Gasteiger partial charge in [-0.25, -0.2) is 0 Å². The lowest BCUT2D eigenvalue weighted by atomic mass is 10.1. The second kappa shape index (κ2) is 7.41. The van der Waals surface area contributed by atoms with Crippen LogP contribution in [-0.2, 0) is 6.54 Å². The Morgan fingerprint density at radius 2 is 1.67 bits per heavy atom.